The first-order valence-corrected chi connectivity index (χ1v) is 6.87. The van der Waals surface area contributed by atoms with Crippen LogP contribution < -0.4 is 5.32 Å². The van der Waals surface area contributed by atoms with Gasteiger partial charge in [-0.2, -0.15) is 0 Å². The van der Waals surface area contributed by atoms with Crippen LogP contribution in [0.5, 0.6) is 0 Å². The number of hydrogen-bond acceptors (Lipinski definition) is 3. The van der Waals surface area contributed by atoms with Crippen molar-refractivity contribution in [2.45, 2.75) is 24.8 Å². The first-order valence-electron chi connectivity index (χ1n) is 5.88. The van der Waals surface area contributed by atoms with E-state index < -0.39 is 0 Å². The summed E-state index contributed by atoms with van der Waals surface area (Å²) in [4.78, 5) is 1.16. The second-order valence-electron chi connectivity index (χ2n) is 3.77. The average molecular weight is 257 g/mol. The Kier molecular flexibility index (Phi) is 7.24. The zero-order chi connectivity index (χ0) is 12.5. The lowest BCUT2D eigenvalue weighted by molar-refractivity contribution is 0.199. The smallest absolute Gasteiger partial charge is 0.123 e. The van der Waals surface area contributed by atoms with Gasteiger partial charge in [-0.15, -0.1) is 11.8 Å². The van der Waals surface area contributed by atoms with E-state index in [-0.39, 0.29) is 5.82 Å². The maximum atomic E-state index is 13.2. The van der Waals surface area contributed by atoms with Crippen LogP contribution in [0.3, 0.4) is 0 Å². The SMILES string of the molecule is CCCSc1ccc(F)cc1CNCCOC. The van der Waals surface area contributed by atoms with Gasteiger partial charge in [-0.05, 0) is 35.9 Å². The van der Waals surface area contributed by atoms with Crippen LogP contribution in [0.4, 0.5) is 4.39 Å². The van der Waals surface area contributed by atoms with Crippen molar-refractivity contribution in [3.63, 3.8) is 0 Å². The molecule has 0 unspecified atom stereocenters. The molecule has 0 saturated heterocycles. The Morgan fingerprint density at radius 3 is 2.94 bits per heavy atom. The van der Waals surface area contributed by atoms with Crippen LogP contribution in [-0.4, -0.2) is 26.0 Å². The Morgan fingerprint density at radius 1 is 1.41 bits per heavy atom. The van der Waals surface area contributed by atoms with Crippen LogP contribution in [0.2, 0.25) is 0 Å². The number of halogens is 1. The molecule has 0 radical (unpaired) electrons. The van der Waals surface area contributed by atoms with Crippen molar-refractivity contribution in [3.05, 3.63) is 29.6 Å². The minimum atomic E-state index is -0.172. The van der Waals surface area contributed by atoms with E-state index >= 15 is 0 Å². The summed E-state index contributed by atoms with van der Waals surface area (Å²) in [6, 6.07) is 5.00. The highest BCUT2D eigenvalue weighted by Crippen LogP contribution is 2.24. The van der Waals surface area contributed by atoms with Crippen molar-refractivity contribution in [2.24, 2.45) is 0 Å². The van der Waals surface area contributed by atoms with Crippen LogP contribution in [0.1, 0.15) is 18.9 Å². The first kappa shape index (κ1) is 14.5. The van der Waals surface area contributed by atoms with Gasteiger partial charge in [0.15, 0.2) is 0 Å². The Bertz CT molecular complexity index is 333. The molecule has 96 valence electrons. The highest BCUT2D eigenvalue weighted by Gasteiger charge is 2.04. The molecule has 4 heteroatoms. The van der Waals surface area contributed by atoms with Crippen molar-refractivity contribution in [1.29, 1.82) is 0 Å². The van der Waals surface area contributed by atoms with Crippen molar-refractivity contribution >= 4 is 11.8 Å². The van der Waals surface area contributed by atoms with E-state index in [1.54, 1.807) is 24.9 Å². The Hall–Kier alpha value is -0.580. The Balaban J connectivity index is 2.56. The van der Waals surface area contributed by atoms with Crippen LogP contribution in [0.15, 0.2) is 23.1 Å². The molecule has 0 aliphatic heterocycles. The molecular weight excluding hydrogens is 237 g/mol. The van der Waals surface area contributed by atoms with Crippen LogP contribution in [0, 0.1) is 5.82 Å². The van der Waals surface area contributed by atoms with E-state index in [0.29, 0.717) is 13.2 Å². The molecule has 0 atom stereocenters. The van der Waals surface area contributed by atoms with Gasteiger partial charge in [0.1, 0.15) is 5.82 Å². The van der Waals surface area contributed by atoms with Gasteiger partial charge in [-0.3, -0.25) is 0 Å². The minimum Gasteiger partial charge on any atom is -0.383 e. The zero-order valence-electron chi connectivity index (χ0n) is 10.5. The normalized spacial score (nSPS) is 10.8. The van der Waals surface area contributed by atoms with Crippen LogP contribution in [0.25, 0.3) is 0 Å². The molecule has 0 heterocycles. The van der Waals surface area contributed by atoms with E-state index in [1.165, 1.54) is 6.07 Å². The maximum Gasteiger partial charge on any atom is 0.123 e. The van der Waals surface area contributed by atoms with Crippen molar-refractivity contribution in [2.75, 3.05) is 26.0 Å². The number of ether oxygens (including phenoxy) is 1. The lowest BCUT2D eigenvalue weighted by Gasteiger charge is -2.10. The lowest BCUT2D eigenvalue weighted by atomic mass is 10.2. The molecule has 0 bridgehead atoms. The van der Waals surface area contributed by atoms with Crippen LogP contribution >= 0.6 is 11.8 Å². The number of rotatable bonds is 8. The molecular formula is C13H20FNOS. The fourth-order valence-electron chi connectivity index (χ4n) is 1.44. The molecule has 0 spiro atoms. The van der Waals surface area contributed by atoms with Crippen molar-refractivity contribution < 1.29 is 9.13 Å². The molecule has 2 nitrogen and oxygen atoms in total. The molecule has 0 amide bonds. The summed E-state index contributed by atoms with van der Waals surface area (Å²) >= 11 is 1.78. The molecule has 0 aliphatic carbocycles. The van der Waals surface area contributed by atoms with Gasteiger partial charge >= 0.3 is 0 Å². The number of methoxy groups -OCH3 is 1. The van der Waals surface area contributed by atoms with Gasteiger partial charge in [0, 0.05) is 25.1 Å². The fourth-order valence-corrected chi connectivity index (χ4v) is 2.34. The summed E-state index contributed by atoms with van der Waals surface area (Å²) in [5.74, 6) is 0.894. The Morgan fingerprint density at radius 2 is 2.24 bits per heavy atom. The summed E-state index contributed by atoms with van der Waals surface area (Å²) in [5.41, 5.74) is 1.03. The predicted molar refractivity (Wildman–Crippen MR) is 71.0 cm³/mol. The second kappa shape index (κ2) is 8.50. The summed E-state index contributed by atoms with van der Waals surface area (Å²) in [7, 11) is 1.67. The standard InChI is InChI=1S/C13H20FNOS/c1-3-8-17-13-5-4-12(14)9-11(13)10-15-6-7-16-2/h4-5,9,15H,3,6-8,10H2,1-2H3. The van der Waals surface area contributed by atoms with Gasteiger partial charge in [0.2, 0.25) is 0 Å². The minimum absolute atomic E-state index is 0.172. The van der Waals surface area contributed by atoms with Gasteiger partial charge < -0.3 is 10.1 Å². The van der Waals surface area contributed by atoms with Crippen molar-refractivity contribution in [3.8, 4) is 0 Å². The number of benzene rings is 1. The second-order valence-corrected chi connectivity index (χ2v) is 4.91. The van der Waals surface area contributed by atoms with Gasteiger partial charge in [0.05, 0.1) is 6.61 Å². The number of thioether (sulfide) groups is 1. The Labute approximate surface area is 107 Å². The third kappa shape index (κ3) is 5.52. The zero-order valence-corrected chi connectivity index (χ0v) is 11.3. The van der Waals surface area contributed by atoms with Gasteiger partial charge in [-0.25, -0.2) is 4.39 Å². The maximum absolute atomic E-state index is 13.2. The molecule has 0 aliphatic rings. The van der Waals surface area contributed by atoms with Gasteiger partial charge in [-0.1, -0.05) is 6.92 Å². The molecule has 1 aromatic carbocycles. The third-order valence-corrected chi connectivity index (χ3v) is 3.60. The molecule has 0 fully saturated rings. The third-order valence-electron chi connectivity index (χ3n) is 2.28. The van der Waals surface area contributed by atoms with E-state index in [2.05, 4.69) is 12.2 Å². The van der Waals surface area contributed by atoms with E-state index in [4.69, 9.17) is 4.74 Å². The van der Waals surface area contributed by atoms with E-state index in [0.717, 1.165) is 29.2 Å². The van der Waals surface area contributed by atoms with E-state index in [1.807, 2.05) is 6.07 Å². The lowest BCUT2D eigenvalue weighted by Crippen LogP contribution is -2.19. The molecule has 0 aromatic heterocycles. The summed E-state index contributed by atoms with van der Waals surface area (Å²) in [6.45, 7) is 4.29. The predicted octanol–water partition coefficient (Wildman–Crippen LogP) is 3.06. The van der Waals surface area contributed by atoms with Crippen molar-refractivity contribution in [1.82, 2.24) is 5.32 Å². The summed E-state index contributed by atoms with van der Waals surface area (Å²) in [5, 5.41) is 3.24. The fraction of sp³-hybridized carbons (Fsp3) is 0.538. The molecule has 17 heavy (non-hydrogen) atoms. The van der Waals surface area contributed by atoms with Crippen LogP contribution in [-0.2, 0) is 11.3 Å². The van der Waals surface area contributed by atoms with E-state index in [9.17, 15) is 4.39 Å². The highest BCUT2D eigenvalue weighted by atomic mass is 32.2. The number of nitrogens with one attached hydrogen (secondary N) is 1. The number of hydrogen-bond donors (Lipinski definition) is 1. The molecule has 1 rings (SSSR count). The quantitative estimate of drug-likeness (QED) is 0.571. The monoisotopic (exact) mass is 257 g/mol. The topological polar surface area (TPSA) is 21.3 Å². The summed E-state index contributed by atoms with van der Waals surface area (Å²) in [6.07, 6.45) is 1.12. The van der Waals surface area contributed by atoms with Gasteiger partial charge in [0.25, 0.3) is 0 Å². The molecule has 1 aromatic rings. The summed E-state index contributed by atoms with van der Waals surface area (Å²) < 4.78 is 18.1. The molecule has 0 saturated carbocycles. The first-order chi connectivity index (χ1) is 8.27. The largest absolute Gasteiger partial charge is 0.383 e. The molecule has 1 N–H and O–H groups in total. The average Bonchev–Trinajstić information content (AvgIpc) is 2.33. The highest BCUT2D eigenvalue weighted by molar-refractivity contribution is 7.99.